The van der Waals surface area contributed by atoms with Gasteiger partial charge in [0.2, 0.25) is 0 Å². The molecule has 1 aliphatic carbocycles. The molecule has 0 heterocycles. The zero-order chi connectivity index (χ0) is 17.9. The van der Waals surface area contributed by atoms with Gasteiger partial charge in [0.15, 0.2) is 5.41 Å². The van der Waals surface area contributed by atoms with Crippen LogP contribution in [0.15, 0.2) is 55.1 Å². The zero-order valence-electron chi connectivity index (χ0n) is 14.9. The second-order valence-corrected chi connectivity index (χ2v) is 9.68. The zero-order valence-corrected chi connectivity index (χ0v) is 15.9. The van der Waals surface area contributed by atoms with Gasteiger partial charge in [-0.3, -0.25) is 4.79 Å². The van der Waals surface area contributed by atoms with Crippen molar-refractivity contribution >= 4 is 14.0 Å². The Morgan fingerprint density at radius 3 is 2.56 bits per heavy atom. The predicted molar refractivity (Wildman–Crippen MR) is 103 cm³/mol. The first-order valence-corrected chi connectivity index (χ1v) is 10.6. The van der Waals surface area contributed by atoms with E-state index in [0.29, 0.717) is 6.04 Å². The predicted octanol–water partition coefficient (Wildman–Crippen LogP) is 4.22. The van der Waals surface area contributed by atoms with Crippen LogP contribution in [0.2, 0.25) is 6.04 Å². The summed E-state index contributed by atoms with van der Waals surface area (Å²) in [6, 6.07) is 15.8. The number of rotatable bonds is 8. The van der Waals surface area contributed by atoms with Crippen LogP contribution in [-0.2, 0) is 26.5 Å². The van der Waals surface area contributed by atoms with Gasteiger partial charge in [-0.2, -0.15) is 0 Å². The summed E-state index contributed by atoms with van der Waals surface area (Å²) in [5.74, 6) is 0. The third-order valence-electron chi connectivity index (χ3n) is 5.12. The van der Waals surface area contributed by atoms with Crippen molar-refractivity contribution in [2.24, 2.45) is 0 Å². The maximum atomic E-state index is 12.2. The molecule has 0 bridgehead atoms. The van der Waals surface area contributed by atoms with Gasteiger partial charge in [0.25, 0.3) is 0 Å². The highest BCUT2D eigenvalue weighted by Gasteiger charge is 2.42. The van der Waals surface area contributed by atoms with E-state index in [1.807, 2.05) is 0 Å². The molecule has 0 N–H and O–H groups in total. The summed E-state index contributed by atoms with van der Waals surface area (Å²) in [7, 11) is 0.280. The van der Waals surface area contributed by atoms with Gasteiger partial charge in [0.1, 0.15) is 0 Å². The van der Waals surface area contributed by atoms with Crippen LogP contribution < -0.4 is 0 Å². The van der Waals surface area contributed by atoms with Crippen molar-refractivity contribution in [1.29, 1.82) is 0 Å². The molecular formula is C21H24O3Si. The summed E-state index contributed by atoms with van der Waals surface area (Å²) in [5, 5.41) is -0.0943. The lowest BCUT2D eigenvalue weighted by molar-refractivity contribution is -0.111. The van der Waals surface area contributed by atoms with Crippen LogP contribution in [0.3, 0.4) is 0 Å². The topological polar surface area (TPSA) is 35.5 Å². The molecule has 0 fully saturated rings. The third-order valence-corrected chi connectivity index (χ3v) is 8.41. The van der Waals surface area contributed by atoms with E-state index in [9.17, 15) is 4.79 Å². The molecule has 0 saturated heterocycles. The first-order chi connectivity index (χ1) is 12.1. The molecule has 0 aromatic heterocycles. The van der Waals surface area contributed by atoms with Crippen LogP contribution in [-0.4, -0.2) is 28.2 Å². The largest absolute Gasteiger partial charge is 0.414 e. The normalized spacial score (nSPS) is 12.6. The fourth-order valence-electron chi connectivity index (χ4n) is 3.74. The molecule has 2 aromatic carbocycles. The van der Waals surface area contributed by atoms with E-state index in [1.54, 1.807) is 14.2 Å². The van der Waals surface area contributed by atoms with E-state index in [2.05, 4.69) is 49.0 Å². The standard InChI is InChI=1S/C21H24O3Si/c1-4-21(22)25(23-2,24-3)14-8-11-16-10-7-13-19-18-12-6-5-9-17(18)15-20(16)19/h4-7,9-10,12-13H,1,8,11,14-15H2,2-3H3. The Morgan fingerprint density at radius 1 is 1.12 bits per heavy atom. The number of allylic oxidation sites excluding steroid dienone is 1. The lowest BCUT2D eigenvalue weighted by atomic mass is 9.98. The number of aryl methyl sites for hydroxylation is 1. The molecule has 0 amide bonds. The fraction of sp³-hybridized carbons (Fsp3) is 0.286. The van der Waals surface area contributed by atoms with Gasteiger partial charge in [-0.1, -0.05) is 49.0 Å². The molecule has 130 valence electrons. The van der Waals surface area contributed by atoms with Gasteiger partial charge < -0.3 is 8.85 Å². The quantitative estimate of drug-likeness (QED) is 0.450. The summed E-state index contributed by atoms with van der Waals surface area (Å²) < 4.78 is 11.0. The van der Waals surface area contributed by atoms with Crippen molar-refractivity contribution in [2.75, 3.05) is 14.2 Å². The average molecular weight is 353 g/mol. The summed E-state index contributed by atoms with van der Waals surface area (Å²) >= 11 is 0. The minimum atomic E-state index is -2.85. The third kappa shape index (κ3) is 3.25. The molecule has 1 aliphatic rings. The SMILES string of the molecule is C=CC(=O)[Si](CCCc1cccc2c1Cc1ccccc1-2)(OC)OC. The molecule has 0 unspecified atom stereocenters. The van der Waals surface area contributed by atoms with Crippen LogP contribution in [0.25, 0.3) is 11.1 Å². The monoisotopic (exact) mass is 352 g/mol. The number of hydrogen-bond donors (Lipinski definition) is 0. The molecule has 4 heteroatoms. The van der Waals surface area contributed by atoms with Crippen LogP contribution >= 0.6 is 0 Å². The Morgan fingerprint density at radius 2 is 1.84 bits per heavy atom. The second-order valence-electron chi connectivity index (χ2n) is 6.36. The number of carbonyl (C=O) groups is 1. The highest BCUT2D eigenvalue weighted by Crippen LogP contribution is 2.38. The van der Waals surface area contributed by atoms with E-state index in [0.717, 1.165) is 19.3 Å². The van der Waals surface area contributed by atoms with E-state index in [-0.39, 0.29) is 5.41 Å². The Balaban J connectivity index is 1.76. The highest BCUT2D eigenvalue weighted by atomic mass is 28.4. The van der Waals surface area contributed by atoms with Crippen molar-refractivity contribution in [3.05, 3.63) is 71.8 Å². The van der Waals surface area contributed by atoms with Gasteiger partial charge in [-0.25, -0.2) is 0 Å². The maximum absolute atomic E-state index is 12.2. The molecule has 3 nitrogen and oxygen atoms in total. The molecule has 0 spiro atoms. The first kappa shape index (κ1) is 17.8. The summed E-state index contributed by atoms with van der Waals surface area (Å²) in [5.41, 5.74) is 6.86. The van der Waals surface area contributed by atoms with Crippen molar-refractivity contribution in [1.82, 2.24) is 0 Å². The smallest absolute Gasteiger partial charge is 0.393 e. The number of benzene rings is 2. The molecule has 0 aliphatic heterocycles. The Labute approximate surface area is 150 Å². The van der Waals surface area contributed by atoms with E-state index in [4.69, 9.17) is 8.85 Å². The molecule has 0 radical (unpaired) electrons. The Bertz CT molecular complexity index is 793. The summed E-state index contributed by atoms with van der Waals surface area (Å²) in [6.07, 6.45) is 4.10. The van der Waals surface area contributed by atoms with Crippen molar-refractivity contribution in [2.45, 2.75) is 25.3 Å². The van der Waals surface area contributed by atoms with Crippen molar-refractivity contribution in [3.8, 4) is 11.1 Å². The number of hydrogen-bond acceptors (Lipinski definition) is 3. The van der Waals surface area contributed by atoms with Gasteiger partial charge in [-0.05, 0) is 59.2 Å². The Kier molecular flexibility index (Phi) is 5.32. The highest BCUT2D eigenvalue weighted by molar-refractivity contribution is 6.98. The van der Waals surface area contributed by atoms with Crippen LogP contribution in [0.1, 0.15) is 23.1 Å². The maximum Gasteiger partial charge on any atom is 0.414 e. The van der Waals surface area contributed by atoms with Gasteiger partial charge in [0, 0.05) is 14.2 Å². The summed E-state index contributed by atoms with van der Waals surface area (Å²) in [6.45, 7) is 3.58. The Hall–Kier alpha value is -2.01. The van der Waals surface area contributed by atoms with E-state index >= 15 is 0 Å². The van der Waals surface area contributed by atoms with E-state index < -0.39 is 8.56 Å². The molecule has 3 rings (SSSR count). The lowest BCUT2D eigenvalue weighted by Crippen LogP contribution is -2.48. The average Bonchev–Trinajstić information content (AvgIpc) is 3.04. The fourth-order valence-corrected chi connectivity index (χ4v) is 5.91. The molecule has 0 atom stereocenters. The number of carbonyl (C=O) groups excluding carboxylic acids is 1. The summed E-state index contributed by atoms with van der Waals surface area (Å²) in [4.78, 5) is 12.2. The molecular weight excluding hydrogens is 328 g/mol. The van der Waals surface area contributed by atoms with Crippen molar-refractivity contribution < 1.29 is 13.6 Å². The van der Waals surface area contributed by atoms with Crippen LogP contribution in [0, 0.1) is 0 Å². The molecule has 25 heavy (non-hydrogen) atoms. The van der Waals surface area contributed by atoms with Gasteiger partial charge >= 0.3 is 8.56 Å². The minimum absolute atomic E-state index is 0.0943. The number of fused-ring (bicyclic) bond motifs is 3. The molecule has 0 saturated carbocycles. The van der Waals surface area contributed by atoms with Crippen LogP contribution in [0.5, 0.6) is 0 Å². The van der Waals surface area contributed by atoms with Crippen LogP contribution in [0.4, 0.5) is 0 Å². The second kappa shape index (κ2) is 7.48. The molecule has 2 aromatic rings. The van der Waals surface area contributed by atoms with E-state index in [1.165, 1.54) is 33.9 Å². The minimum Gasteiger partial charge on any atom is -0.393 e. The van der Waals surface area contributed by atoms with Gasteiger partial charge in [-0.15, -0.1) is 0 Å². The first-order valence-electron chi connectivity index (χ1n) is 8.61. The van der Waals surface area contributed by atoms with Crippen molar-refractivity contribution in [3.63, 3.8) is 0 Å². The van der Waals surface area contributed by atoms with Gasteiger partial charge in [0.05, 0.1) is 0 Å². The lowest BCUT2D eigenvalue weighted by Gasteiger charge is -2.24.